The lowest BCUT2D eigenvalue weighted by Gasteiger charge is -2.33. The number of likely N-dealkylation sites (tertiary alicyclic amines) is 1. The van der Waals surface area contributed by atoms with Crippen molar-refractivity contribution >= 4 is 27.0 Å². The van der Waals surface area contributed by atoms with E-state index >= 15 is 0 Å². The second-order valence-corrected chi connectivity index (χ2v) is 9.76. The van der Waals surface area contributed by atoms with Crippen molar-refractivity contribution in [3.05, 3.63) is 59.9 Å². The lowest BCUT2D eigenvalue weighted by Crippen LogP contribution is -2.49. The van der Waals surface area contributed by atoms with Gasteiger partial charge >= 0.3 is 6.18 Å². The average Bonchev–Trinajstić information content (AvgIpc) is 3.22. The van der Waals surface area contributed by atoms with Gasteiger partial charge in [0.05, 0.1) is 27.5 Å². The molecule has 0 saturated carbocycles. The number of sulfonamides is 1. The zero-order chi connectivity index (χ0) is 23.8. The number of H-pyrrole nitrogens is 1. The molecular formula is C22H23F3N4O3S. The maximum absolute atomic E-state index is 13.2. The number of alkyl halides is 3. The van der Waals surface area contributed by atoms with E-state index in [0.717, 1.165) is 29.0 Å². The predicted molar refractivity (Wildman–Crippen MR) is 116 cm³/mol. The molecule has 1 aromatic heterocycles. The quantitative estimate of drug-likeness (QED) is 0.583. The standard InChI is InChI=1S/C22H23F3N4O3S/c1-14(28-33(31,32)19-9-5-2-6-16(19)22(23,24)25)21(30)29-12-10-15(11-13-29)20-26-17-7-3-4-8-18(17)27-20/h2-9,14-15,28H,10-13H2,1H3,(H,26,27)/t14-/m0/s1. The Morgan fingerprint density at radius 1 is 1.12 bits per heavy atom. The third kappa shape index (κ3) is 4.88. The SMILES string of the molecule is C[C@H](NS(=O)(=O)c1ccccc1C(F)(F)F)C(=O)N1CCC(c2nc3ccccc3[nH]2)CC1. The molecule has 1 fully saturated rings. The van der Waals surface area contributed by atoms with Gasteiger partial charge in [-0.25, -0.2) is 13.4 Å². The van der Waals surface area contributed by atoms with Crippen molar-refractivity contribution < 1.29 is 26.4 Å². The minimum absolute atomic E-state index is 0.132. The fourth-order valence-corrected chi connectivity index (χ4v) is 5.52. The molecule has 2 aromatic carbocycles. The Morgan fingerprint density at radius 3 is 2.42 bits per heavy atom. The summed E-state index contributed by atoms with van der Waals surface area (Å²) in [5.74, 6) is 0.499. The summed E-state index contributed by atoms with van der Waals surface area (Å²) in [4.78, 5) is 21.4. The van der Waals surface area contributed by atoms with Crippen molar-refractivity contribution in [3.8, 4) is 0 Å². The fraction of sp³-hybridized carbons (Fsp3) is 0.364. The first-order valence-corrected chi connectivity index (χ1v) is 12.0. The molecule has 33 heavy (non-hydrogen) atoms. The molecular weight excluding hydrogens is 457 g/mol. The summed E-state index contributed by atoms with van der Waals surface area (Å²) in [7, 11) is -4.56. The van der Waals surface area contributed by atoms with Crippen LogP contribution in [0.1, 0.15) is 37.1 Å². The number of hydrogen-bond donors (Lipinski definition) is 2. The van der Waals surface area contributed by atoms with Crippen LogP contribution < -0.4 is 4.72 Å². The maximum Gasteiger partial charge on any atom is 0.417 e. The van der Waals surface area contributed by atoms with E-state index in [1.807, 2.05) is 24.3 Å². The molecule has 0 unspecified atom stereocenters. The number of hydrogen-bond acceptors (Lipinski definition) is 4. The molecule has 1 aliphatic rings. The zero-order valence-electron chi connectivity index (χ0n) is 17.8. The largest absolute Gasteiger partial charge is 0.417 e. The monoisotopic (exact) mass is 480 g/mol. The topological polar surface area (TPSA) is 95.2 Å². The van der Waals surface area contributed by atoms with Gasteiger partial charge in [-0.05, 0) is 44.0 Å². The van der Waals surface area contributed by atoms with E-state index < -0.39 is 38.6 Å². The Kier molecular flexibility index (Phi) is 6.19. The number of aromatic nitrogens is 2. The van der Waals surface area contributed by atoms with E-state index in [4.69, 9.17) is 0 Å². The number of aromatic amines is 1. The molecule has 0 aliphatic carbocycles. The van der Waals surface area contributed by atoms with Gasteiger partial charge in [-0.3, -0.25) is 4.79 Å². The van der Waals surface area contributed by atoms with Crippen molar-refractivity contribution in [1.29, 1.82) is 0 Å². The highest BCUT2D eigenvalue weighted by molar-refractivity contribution is 7.89. The van der Waals surface area contributed by atoms with E-state index in [1.54, 1.807) is 0 Å². The maximum atomic E-state index is 13.2. The highest BCUT2D eigenvalue weighted by Crippen LogP contribution is 2.34. The molecule has 3 aromatic rings. The van der Waals surface area contributed by atoms with Crippen molar-refractivity contribution in [2.75, 3.05) is 13.1 Å². The molecule has 0 radical (unpaired) electrons. The van der Waals surface area contributed by atoms with Crippen LogP contribution >= 0.6 is 0 Å². The number of nitrogens with zero attached hydrogens (tertiary/aromatic N) is 2. The second-order valence-electron chi connectivity index (χ2n) is 8.08. The number of para-hydroxylation sites is 2. The fourth-order valence-electron chi connectivity index (χ4n) is 4.09. The Balaban J connectivity index is 1.41. The van der Waals surface area contributed by atoms with Crippen LogP contribution in [0.25, 0.3) is 11.0 Å². The van der Waals surface area contributed by atoms with Crippen LogP contribution in [0.2, 0.25) is 0 Å². The number of amides is 1. The van der Waals surface area contributed by atoms with Gasteiger partial charge in [0, 0.05) is 19.0 Å². The van der Waals surface area contributed by atoms with Crippen molar-refractivity contribution in [2.24, 2.45) is 0 Å². The number of piperidine rings is 1. The number of nitrogens with one attached hydrogen (secondary N) is 2. The molecule has 7 nitrogen and oxygen atoms in total. The highest BCUT2D eigenvalue weighted by atomic mass is 32.2. The minimum atomic E-state index is -4.84. The summed E-state index contributed by atoms with van der Waals surface area (Å²) in [6, 6.07) is 10.4. The summed E-state index contributed by atoms with van der Waals surface area (Å²) >= 11 is 0. The van der Waals surface area contributed by atoms with Gasteiger partial charge in [0.1, 0.15) is 5.82 Å². The van der Waals surface area contributed by atoms with Crippen LogP contribution in [0.3, 0.4) is 0 Å². The lowest BCUT2D eigenvalue weighted by molar-refractivity contribution is -0.139. The van der Waals surface area contributed by atoms with E-state index in [1.165, 1.54) is 17.9 Å². The van der Waals surface area contributed by atoms with Gasteiger partial charge in [0.25, 0.3) is 0 Å². The van der Waals surface area contributed by atoms with Crippen LogP contribution in [0, 0.1) is 0 Å². The summed E-state index contributed by atoms with van der Waals surface area (Å²) in [5, 5.41) is 0. The van der Waals surface area contributed by atoms with E-state index in [2.05, 4.69) is 14.7 Å². The summed E-state index contributed by atoms with van der Waals surface area (Å²) in [6.07, 6.45) is -3.55. The third-order valence-corrected chi connectivity index (χ3v) is 7.38. The number of carbonyl (C=O) groups is 1. The van der Waals surface area contributed by atoms with Crippen LogP contribution in [-0.4, -0.2) is 48.3 Å². The second kappa shape index (κ2) is 8.79. The number of fused-ring (bicyclic) bond motifs is 1. The van der Waals surface area contributed by atoms with Gasteiger partial charge in [-0.15, -0.1) is 0 Å². The molecule has 11 heteroatoms. The number of rotatable bonds is 5. The molecule has 1 saturated heterocycles. The van der Waals surface area contributed by atoms with Gasteiger partial charge in [-0.2, -0.15) is 17.9 Å². The summed E-state index contributed by atoms with van der Waals surface area (Å²) < 4.78 is 67.1. The number of benzene rings is 2. The predicted octanol–water partition coefficient (Wildman–Crippen LogP) is 3.65. The minimum Gasteiger partial charge on any atom is -0.342 e. The molecule has 1 amide bonds. The number of carbonyl (C=O) groups excluding carboxylic acids is 1. The summed E-state index contributed by atoms with van der Waals surface area (Å²) in [6.45, 7) is 2.12. The van der Waals surface area contributed by atoms with E-state index in [9.17, 15) is 26.4 Å². The molecule has 176 valence electrons. The lowest BCUT2D eigenvalue weighted by atomic mass is 9.96. The Labute approximate surface area is 189 Å². The van der Waals surface area contributed by atoms with Gasteiger partial charge in [0.15, 0.2) is 0 Å². The molecule has 0 bridgehead atoms. The first kappa shape index (κ1) is 23.2. The smallest absolute Gasteiger partial charge is 0.342 e. The van der Waals surface area contributed by atoms with Crippen LogP contribution in [0.5, 0.6) is 0 Å². The Morgan fingerprint density at radius 2 is 1.76 bits per heavy atom. The van der Waals surface area contributed by atoms with Gasteiger partial charge < -0.3 is 9.88 Å². The van der Waals surface area contributed by atoms with Crippen molar-refractivity contribution in [1.82, 2.24) is 19.6 Å². The number of halogens is 3. The van der Waals surface area contributed by atoms with Crippen LogP contribution in [0.15, 0.2) is 53.4 Å². The molecule has 2 heterocycles. The van der Waals surface area contributed by atoms with Crippen molar-refractivity contribution in [2.45, 2.75) is 42.8 Å². The average molecular weight is 481 g/mol. The molecule has 4 rings (SSSR count). The van der Waals surface area contributed by atoms with Crippen LogP contribution in [-0.2, 0) is 21.0 Å². The zero-order valence-corrected chi connectivity index (χ0v) is 18.6. The summed E-state index contributed by atoms with van der Waals surface area (Å²) in [5.41, 5.74) is 0.533. The molecule has 1 aliphatic heterocycles. The van der Waals surface area contributed by atoms with Crippen LogP contribution in [0.4, 0.5) is 13.2 Å². The van der Waals surface area contributed by atoms with Gasteiger partial charge in [-0.1, -0.05) is 24.3 Å². The normalized spacial score (nSPS) is 16.8. The molecule has 2 N–H and O–H groups in total. The van der Waals surface area contributed by atoms with E-state index in [0.29, 0.717) is 32.0 Å². The molecule has 1 atom stereocenters. The van der Waals surface area contributed by atoms with Crippen molar-refractivity contribution in [3.63, 3.8) is 0 Å². The third-order valence-electron chi connectivity index (χ3n) is 5.79. The first-order chi connectivity index (χ1) is 15.6. The molecule has 0 spiro atoms. The highest BCUT2D eigenvalue weighted by Gasteiger charge is 2.38. The van der Waals surface area contributed by atoms with E-state index in [-0.39, 0.29) is 5.92 Å². The number of imidazole rings is 1. The Bertz CT molecular complexity index is 1230. The Hall–Kier alpha value is -2.92. The van der Waals surface area contributed by atoms with Gasteiger partial charge in [0.2, 0.25) is 15.9 Å². The first-order valence-electron chi connectivity index (χ1n) is 10.5.